The second-order valence-electron chi connectivity index (χ2n) is 4.96. The van der Waals surface area contributed by atoms with E-state index in [9.17, 15) is 4.79 Å². The van der Waals surface area contributed by atoms with Gasteiger partial charge in [0.25, 0.3) is 0 Å². The molecule has 1 aromatic heterocycles. The van der Waals surface area contributed by atoms with E-state index in [1.54, 1.807) is 6.20 Å². The molecule has 21 heavy (non-hydrogen) atoms. The van der Waals surface area contributed by atoms with Crippen LogP contribution in [0.4, 0.5) is 0 Å². The summed E-state index contributed by atoms with van der Waals surface area (Å²) >= 11 is 0. The molecule has 1 aliphatic rings. The Labute approximate surface area is 123 Å². The number of para-hydroxylation sites is 1. The lowest BCUT2D eigenvalue weighted by molar-refractivity contribution is 0.320. The van der Waals surface area contributed by atoms with Crippen molar-refractivity contribution in [2.45, 2.75) is 13.3 Å². The molecule has 0 fully saturated rings. The van der Waals surface area contributed by atoms with Crippen LogP contribution in [0.15, 0.2) is 47.5 Å². The minimum atomic E-state index is 0.0310. The summed E-state index contributed by atoms with van der Waals surface area (Å²) in [4.78, 5) is 15.9. The molecular weight excluding hydrogens is 264 g/mol. The van der Waals surface area contributed by atoms with Crippen molar-refractivity contribution in [2.24, 2.45) is 0 Å². The van der Waals surface area contributed by atoms with Gasteiger partial charge in [0.1, 0.15) is 5.75 Å². The molecule has 108 valence electrons. The van der Waals surface area contributed by atoms with Gasteiger partial charge in [-0.2, -0.15) is 0 Å². The van der Waals surface area contributed by atoms with Gasteiger partial charge in [-0.15, -0.1) is 0 Å². The van der Waals surface area contributed by atoms with E-state index in [2.05, 4.69) is 17.2 Å². The summed E-state index contributed by atoms with van der Waals surface area (Å²) in [6.07, 6.45) is 8.49. The lowest BCUT2D eigenvalue weighted by atomic mass is 10.0. The fraction of sp³-hybridized carbons (Fsp3) is 0.235. The van der Waals surface area contributed by atoms with Crippen molar-refractivity contribution in [3.8, 4) is 5.75 Å². The number of aromatic nitrogens is 1. The number of dihydropyridines is 1. The van der Waals surface area contributed by atoms with E-state index in [1.165, 1.54) is 0 Å². The Bertz CT molecular complexity index is 772. The maximum atomic E-state index is 12.7. The third-order valence-electron chi connectivity index (χ3n) is 3.47. The first kappa shape index (κ1) is 13.5. The Morgan fingerprint density at radius 3 is 3.00 bits per heavy atom. The summed E-state index contributed by atoms with van der Waals surface area (Å²) in [6.45, 7) is 3.44. The minimum Gasteiger partial charge on any atom is -0.491 e. The Morgan fingerprint density at radius 2 is 2.24 bits per heavy atom. The first-order valence-electron chi connectivity index (χ1n) is 7.19. The molecular formula is C17H18N2O2. The molecule has 0 amide bonds. The average Bonchev–Trinajstić information content (AvgIpc) is 2.54. The molecule has 0 aliphatic carbocycles. The fourth-order valence-corrected chi connectivity index (χ4v) is 2.42. The van der Waals surface area contributed by atoms with E-state index in [0.29, 0.717) is 17.6 Å². The van der Waals surface area contributed by atoms with Gasteiger partial charge in [-0.1, -0.05) is 19.1 Å². The smallest absolute Gasteiger partial charge is 0.197 e. The fourth-order valence-electron chi connectivity index (χ4n) is 2.42. The molecule has 3 rings (SSSR count). The van der Waals surface area contributed by atoms with Crippen molar-refractivity contribution < 1.29 is 4.74 Å². The van der Waals surface area contributed by atoms with Gasteiger partial charge in [-0.05, 0) is 36.4 Å². The Hall–Kier alpha value is -2.49. The predicted molar refractivity (Wildman–Crippen MR) is 85.5 cm³/mol. The number of allylic oxidation sites excluding steroid dienone is 2. The van der Waals surface area contributed by atoms with E-state index < -0.39 is 0 Å². The highest BCUT2D eigenvalue weighted by Gasteiger charge is 2.11. The number of H-pyrrole nitrogens is 1. The van der Waals surface area contributed by atoms with Gasteiger partial charge in [0, 0.05) is 23.7 Å². The highest BCUT2D eigenvalue weighted by Crippen LogP contribution is 2.23. The number of fused-ring (bicyclic) bond motifs is 1. The van der Waals surface area contributed by atoms with Crippen LogP contribution in [0, 0.1) is 0 Å². The Balaban J connectivity index is 2.11. The summed E-state index contributed by atoms with van der Waals surface area (Å²) in [5, 5.41) is 3.75. The molecule has 0 bridgehead atoms. The molecule has 2 heterocycles. The molecule has 0 saturated carbocycles. The molecule has 4 nitrogen and oxygen atoms in total. The number of aromatic amines is 1. The van der Waals surface area contributed by atoms with Crippen molar-refractivity contribution in [1.29, 1.82) is 0 Å². The topological polar surface area (TPSA) is 54.1 Å². The van der Waals surface area contributed by atoms with Crippen molar-refractivity contribution in [3.05, 3.63) is 58.5 Å². The summed E-state index contributed by atoms with van der Waals surface area (Å²) in [6, 6.07) is 5.58. The monoisotopic (exact) mass is 282 g/mol. The highest BCUT2D eigenvalue weighted by molar-refractivity contribution is 5.88. The molecule has 2 aromatic rings. The molecule has 1 aliphatic heterocycles. The third kappa shape index (κ3) is 2.57. The zero-order chi connectivity index (χ0) is 14.7. The first-order chi connectivity index (χ1) is 10.3. The number of hydrogen-bond acceptors (Lipinski definition) is 3. The molecule has 1 aromatic carbocycles. The molecule has 4 heteroatoms. The second kappa shape index (κ2) is 5.87. The van der Waals surface area contributed by atoms with Crippen molar-refractivity contribution in [3.63, 3.8) is 0 Å². The number of ether oxygens (including phenoxy) is 1. The van der Waals surface area contributed by atoms with Crippen LogP contribution in [0.2, 0.25) is 0 Å². The van der Waals surface area contributed by atoms with Crippen LogP contribution < -0.4 is 15.5 Å². The van der Waals surface area contributed by atoms with Crippen LogP contribution in [-0.4, -0.2) is 18.1 Å². The summed E-state index contributed by atoms with van der Waals surface area (Å²) in [5.74, 6) is 0.729. The quantitative estimate of drug-likeness (QED) is 0.906. The molecule has 0 atom stereocenters. The van der Waals surface area contributed by atoms with Crippen LogP contribution in [0.25, 0.3) is 16.5 Å². The van der Waals surface area contributed by atoms with E-state index in [-0.39, 0.29) is 5.43 Å². The van der Waals surface area contributed by atoms with Crippen LogP contribution >= 0.6 is 0 Å². The summed E-state index contributed by atoms with van der Waals surface area (Å²) in [5.41, 5.74) is 2.42. The standard InChI is InChI=1S/C17H18N2O2/c1-2-10-21-15-5-3-4-13-16(15)19-11-14(17(13)20)12-6-8-18-9-7-12/h3-8,11,18H,2,9-10H2,1H3,(H,19,20). The lowest BCUT2D eigenvalue weighted by Crippen LogP contribution is -2.14. The van der Waals surface area contributed by atoms with Crippen LogP contribution in [0.1, 0.15) is 18.9 Å². The highest BCUT2D eigenvalue weighted by atomic mass is 16.5. The number of rotatable bonds is 4. The van der Waals surface area contributed by atoms with E-state index in [1.807, 2.05) is 36.6 Å². The Kier molecular flexibility index (Phi) is 3.77. The number of nitrogens with one attached hydrogen (secondary N) is 2. The number of benzene rings is 1. The predicted octanol–water partition coefficient (Wildman–Crippen LogP) is 2.82. The summed E-state index contributed by atoms with van der Waals surface area (Å²) in [7, 11) is 0. The van der Waals surface area contributed by atoms with E-state index >= 15 is 0 Å². The number of hydrogen-bond donors (Lipinski definition) is 2. The first-order valence-corrected chi connectivity index (χ1v) is 7.19. The third-order valence-corrected chi connectivity index (χ3v) is 3.47. The zero-order valence-electron chi connectivity index (χ0n) is 12.0. The number of pyridine rings is 1. The SMILES string of the molecule is CCCOc1cccc2c(=O)c(C3=CCNC=C3)c[nH]c12. The minimum absolute atomic E-state index is 0.0310. The second-order valence-corrected chi connectivity index (χ2v) is 4.96. The van der Waals surface area contributed by atoms with Crippen molar-refractivity contribution >= 4 is 16.5 Å². The maximum absolute atomic E-state index is 12.7. The summed E-state index contributed by atoms with van der Waals surface area (Å²) < 4.78 is 5.70. The zero-order valence-corrected chi connectivity index (χ0v) is 12.0. The van der Waals surface area contributed by atoms with Crippen LogP contribution in [-0.2, 0) is 0 Å². The average molecular weight is 282 g/mol. The molecule has 0 spiro atoms. The van der Waals surface area contributed by atoms with Gasteiger partial charge in [0.05, 0.1) is 12.1 Å². The van der Waals surface area contributed by atoms with Gasteiger partial charge in [0.2, 0.25) is 0 Å². The maximum Gasteiger partial charge on any atom is 0.197 e. The van der Waals surface area contributed by atoms with Crippen molar-refractivity contribution in [2.75, 3.05) is 13.2 Å². The molecule has 0 saturated heterocycles. The molecule has 0 unspecified atom stereocenters. The van der Waals surface area contributed by atoms with E-state index in [0.717, 1.165) is 29.8 Å². The van der Waals surface area contributed by atoms with Gasteiger partial charge < -0.3 is 15.0 Å². The van der Waals surface area contributed by atoms with Crippen molar-refractivity contribution in [1.82, 2.24) is 10.3 Å². The van der Waals surface area contributed by atoms with Gasteiger partial charge in [-0.3, -0.25) is 4.79 Å². The molecule has 2 N–H and O–H groups in total. The van der Waals surface area contributed by atoms with Crippen LogP contribution in [0.5, 0.6) is 5.75 Å². The molecule has 0 radical (unpaired) electrons. The Morgan fingerprint density at radius 1 is 1.33 bits per heavy atom. The lowest BCUT2D eigenvalue weighted by Gasteiger charge is -2.11. The van der Waals surface area contributed by atoms with Crippen LogP contribution in [0.3, 0.4) is 0 Å². The van der Waals surface area contributed by atoms with Gasteiger partial charge in [0.15, 0.2) is 5.43 Å². The van der Waals surface area contributed by atoms with E-state index in [4.69, 9.17) is 4.74 Å². The van der Waals surface area contributed by atoms with Gasteiger partial charge >= 0.3 is 0 Å². The van der Waals surface area contributed by atoms with Gasteiger partial charge in [-0.25, -0.2) is 0 Å². The largest absolute Gasteiger partial charge is 0.491 e. The normalized spacial score (nSPS) is 13.9.